The molecule has 0 fully saturated rings. The van der Waals surface area contributed by atoms with Crippen molar-refractivity contribution in [1.82, 2.24) is 10.2 Å². The molecule has 1 rings (SSSR count). The van der Waals surface area contributed by atoms with Crippen LogP contribution in [0.3, 0.4) is 0 Å². The van der Waals surface area contributed by atoms with E-state index in [0.717, 1.165) is 23.5 Å². The van der Waals surface area contributed by atoms with Crippen LogP contribution in [0.25, 0.3) is 6.08 Å². The lowest BCUT2D eigenvalue weighted by Gasteiger charge is -2.39. The van der Waals surface area contributed by atoms with Gasteiger partial charge < -0.3 is 24.4 Å². The minimum Gasteiger partial charge on any atom is -0.541 e. The fraction of sp³-hybridized carbons (Fsp3) is 0.679. The van der Waals surface area contributed by atoms with E-state index in [-0.39, 0.29) is 29.2 Å². The maximum Gasteiger partial charge on any atom is 0.250 e. The fourth-order valence-corrected chi connectivity index (χ4v) is 5.05. The number of nitrogens with zero attached hydrogens (tertiary/aromatic N) is 1. The summed E-state index contributed by atoms with van der Waals surface area (Å²) in [6.07, 6.45) is 4.08. The van der Waals surface area contributed by atoms with Gasteiger partial charge in [0, 0.05) is 25.7 Å². The maximum absolute atomic E-state index is 12.4. The summed E-state index contributed by atoms with van der Waals surface area (Å²) in [5, 5.41) is 21.2. The third kappa shape index (κ3) is 10.9. The Morgan fingerprint density at radius 2 is 1.41 bits per heavy atom. The summed E-state index contributed by atoms with van der Waals surface area (Å²) in [6, 6.07) is 5.91. The summed E-state index contributed by atoms with van der Waals surface area (Å²) in [5.41, 5.74) is 0.878. The first-order valence-electron chi connectivity index (χ1n) is 13.4. The Morgan fingerprint density at radius 3 is 1.89 bits per heavy atom. The molecule has 1 amide bonds. The van der Waals surface area contributed by atoms with Crippen molar-refractivity contribution in [3.63, 3.8) is 0 Å². The second-order valence-electron chi connectivity index (χ2n) is 12.7. The zero-order valence-corrected chi connectivity index (χ0v) is 26.9. The van der Waals surface area contributed by atoms with Crippen LogP contribution in [0.2, 0.25) is 36.3 Å². The van der Waals surface area contributed by atoms with Gasteiger partial charge in [-0.15, -0.1) is 0 Å². The largest absolute Gasteiger partial charge is 0.541 e. The first-order valence-corrected chi connectivity index (χ1v) is 19.2. The van der Waals surface area contributed by atoms with E-state index in [9.17, 15) is 4.79 Å². The van der Waals surface area contributed by atoms with Crippen LogP contribution in [-0.2, 0) is 4.79 Å². The Morgan fingerprint density at radius 1 is 0.892 bits per heavy atom. The van der Waals surface area contributed by atoms with E-state index in [1.54, 1.807) is 12.2 Å². The third-order valence-corrected chi connectivity index (χ3v) is 16.2. The van der Waals surface area contributed by atoms with Crippen LogP contribution in [-0.4, -0.2) is 77.0 Å². The average Bonchev–Trinajstić information content (AvgIpc) is 2.75. The second-order valence-corrected chi connectivity index (χ2v) is 22.1. The van der Waals surface area contributed by atoms with Gasteiger partial charge in [-0.2, -0.15) is 0 Å². The number of aliphatic hydroxyl groups excluding tert-OH is 2. The standard InChI is InChI=1S/C28H52N2O5Si2/c1-27(2,3)36(7,8)34-24-14-12-23(22-25(24)35-37(9,10)28(4,5)6)13-15-26(33)29-16-11-17-30(18-20-31)19-21-32/h12-15,22,31-32H,11,16-21H2,1-10H3,(H,29,33)/b15-13+. The van der Waals surface area contributed by atoms with Gasteiger partial charge in [0.15, 0.2) is 0 Å². The molecule has 0 spiro atoms. The Labute approximate surface area is 227 Å². The normalized spacial score (nSPS) is 13.3. The number of rotatable bonds is 14. The van der Waals surface area contributed by atoms with Gasteiger partial charge >= 0.3 is 0 Å². The van der Waals surface area contributed by atoms with Gasteiger partial charge in [-0.1, -0.05) is 47.6 Å². The molecular weight excluding hydrogens is 500 g/mol. The zero-order chi connectivity index (χ0) is 28.5. The highest BCUT2D eigenvalue weighted by Gasteiger charge is 2.42. The van der Waals surface area contributed by atoms with E-state index < -0.39 is 16.6 Å². The summed E-state index contributed by atoms with van der Waals surface area (Å²) < 4.78 is 13.4. The van der Waals surface area contributed by atoms with Gasteiger partial charge in [-0.25, -0.2) is 0 Å². The number of carbonyl (C=O) groups excluding carboxylic acids is 1. The Bertz CT molecular complexity index is 884. The molecule has 0 aromatic heterocycles. The molecule has 1 aromatic carbocycles. The maximum atomic E-state index is 12.4. The first-order chi connectivity index (χ1) is 16.9. The van der Waals surface area contributed by atoms with Gasteiger partial charge in [-0.05, 0) is 73.0 Å². The van der Waals surface area contributed by atoms with Crippen LogP contribution in [0.5, 0.6) is 11.5 Å². The summed E-state index contributed by atoms with van der Waals surface area (Å²) in [7, 11) is -4.18. The van der Waals surface area contributed by atoms with Crippen molar-refractivity contribution in [2.75, 3.05) is 39.4 Å². The van der Waals surface area contributed by atoms with Crippen LogP contribution in [0.1, 0.15) is 53.5 Å². The predicted molar refractivity (Wildman–Crippen MR) is 159 cm³/mol. The lowest BCUT2D eigenvalue weighted by molar-refractivity contribution is -0.116. The van der Waals surface area contributed by atoms with Gasteiger partial charge in [0.2, 0.25) is 5.91 Å². The summed E-state index contributed by atoms with van der Waals surface area (Å²) in [5.74, 6) is 1.35. The molecule has 0 saturated heterocycles. The van der Waals surface area contributed by atoms with Gasteiger partial charge in [0.05, 0.1) is 13.2 Å². The quantitative estimate of drug-likeness (QED) is 0.166. The molecule has 0 aliphatic heterocycles. The molecule has 37 heavy (non-hydrogen) atoms. The van der Waals surface area contributed by atoms with Gasteiger partial charge in [-0.3, -0.25) is 9.69 Å². The van der Waals surface area contributed by atoms with Crippen molar-refractivity contribution in [3.05, 3.63) is 29.8 Å². The number of benzene rings is 1. The number of amides is 1. The Hall–Kier alpha value is -1.66. The van der Waals surface area contributed by atoms with Crippen LogP contribution in [0, 0.1) is 0 Å². The topological polar surface area (TPSA) is 91.3 Å². The molecule has 0 bridgehead atoms. The van der Waals surface area contributed by atoms with Crippen LogP contribution in [0.15, 0.2) is 24.3 Å². The number of hydrogen-bond acceptors (Lipinski definition) is 6. The number of hydrogen-bond donors (Lipinski definition) is 3. The summed E-state index contributed by atoms with van der Waals surface area (Å²) >= 11 is 0. The highest BCUT2D eigenvalue weighted by atomic mass is 28.4. The monoisotopic (exact) mass is 552 g/mol. The molecule has 0 atom stereocenters. The van der Waals surface area contributed by atoms with Crippen molar-refractivity contribution >= 4 is 28.6 Å². The minimum absolute atomic E-state index is 0.0386. The van der Waals surface area contributed by atoms with E-state index in [4.69, 9.17) is 19.1 Å². The van der Waals surface area contributed by atoms with Crippen LogP contribution in [0.4, 0.5) is 0 Å². The van der Waals surface area contributed by atoms with E-state index >= 15 is 0 Å². The Kier molecular flexibility index (Phi) is 12.6. The van der Waals surface area contributed by atoms with Gasteiger partial charge in [0.25, 0.3) is 16.6 Å². The summed E-state index contributed by atoms with van der Waals surface area (Å²) in [4.78, 5) is 14.4. The molecule has 0 heterocycles. The third-order valence-electron chi connectivity index (χ3n) is 7.52. The highest BCUT2D eigenvalue weighted by Crippen LogP contribution is 2.43. The molecule has 0 aliphatic carbocycles. The smallest absolute Gasteiger partial charge is 0.250 e. The predicted octanol–water partition coefficient (Wildman–Crippen LogP) is 5.26. The molecule has 9 heteroatoms. The highest BCUT2D eigenvalue weighted by molar-refractivity contribution is 6.75. The SMILES string of the molecule is CC(C)(C)[Si](C)(C)Oc1ccc(/C=C/C(=O)NCCCN(CCO)CCO)cc1O[Si](C)(C)C(C)(C)C. The van der Waals surface area contributed by atoms with E-state index in [0.29, 0.717) is 26.2 Å². The van der Waals surface area contributed by atoms with Gasteiger partial charge in [0.1, 0.15) is 11.5 Å². The van der Waals surface area contributed by atoms with E-state index in [1.807, 2.05) is 23.1 Å². The molecule has 0 unspecified atom stereocenters. The Balaban J connectivity index is 3.00. The molecule has 212 valence electrons. The van der Waals surface area contributed by atoms with Crippen molar-refractivity contribution in [1.29, 1.82) is 0 Å². The zero-order valence-electron chi connectivity index (χ0n) is 24.9. The molecule has 0 radical (unpaired) electrons. The summed E-state index contributed by atoms with van der Waals surface area (Å²) in [6.45, 7) is 24.6. The number of nitrogens with one attached hydrogen (secondary N) is 1. The second kappa shape index (κ2) is 13.9. The lowest BCUT2D eigenvalue weighted by Crippen LogP contribution is -2.45. The molecule has 1 aromatic rings. The average molecular weight is 553 g/mol. The molecule has 0 aliphatic rings. The van der Waals surface area contributed by atoms with Crippen molar-refractivity contribution < 1.29 is 23.9 Å². The van der Waals surface area contributed by atoms with Crippen molar-refractivity contribution in [2.45, 2.75) is 84.2 Å². The van der Waals surface area contributed by atoms with Crippen LogP contribution >= 0.6 is 0 Å². The van der Waals surface area contributed by atoms with E-state index in [1.165, 1.54) is 0 Å². The molecular formula is C28H52N2O5Si2. The van der Waals surface area contributed by atoms with Crippen molar-refractivity contribution in [2.24, 2.45) is 0 Å². The van der Waals surface area contributed by atoms with Crippen molar-refractivity contribution in [3.8, 4) is 11.5 Å². The molecule has 7 nitrogen and oxygen atoms in total. The fourth-order valence-electron chi connectivity index (χ4n) is 3.01. The molecule has 3 N–H and O–H groups in total. The minimum atomic E-state index is -2.11. The lowest BCUT2D eigenvalue weighted by atomic mass is 10.2. The van der Waals surface area contributed by atoms with Crippen LogP contribution < -0.4 is 14.2 Å². The number of aliphatic hydroxyl groups is 2. The molecule has 0 saturated carbocycles. The van der Waals surface area contributed by atoms with E-state index in [2.05, 4.69) is 73.0 Å². The first kappa shape index (κ1) is 33.4. The number of carbonyl (C=O) groups is 1.